The normalized spacial score (nSPS) is 19.1. The van der Waals surface area contributed by atoms with E-state index < -0.39 is 0 Å². The van der Waals surface area contributed by atoms with Crippen LogP contribution in [0.1, 0.15) is 48.5 Å². The van der Waals surface area contributed by atoms with Crippen LogP contribution in [0.15, 0.2) is 48.5 Å². The summed E-state index contributed by atoms with van der Waals surface area (Å²) >= 11 is 12.2. The zero-order chi connectivity index (χ0) is 20.8. The average Bonchev–Trinajstić information content (AvgIpc) is 2.68. The second kappa shape index (κ2) is 10.1. The van der Waals surface area contributed by atoms with E-state index in [0.29, 0.717) is 28.6 Å². The van der Waals surface area contributed by atoms with Crippen molar-refractivity contribution in [3.63, 3.8) is 0 Å². The van der Waals surface area contributed by atoms with Crippen LogP contribution >= 0.6 is 23.2 Å². The Labute approximate surface area is 182 Å². The van der Waals surface area contributed by atoms with E-state index in [1.54, 1.807) is 18.2 Å². The highest BCUT2D eigenvalue weighted by molar-refractivity contribution is 6.35. The largest absolute Gasteiger partial charge is 0.353 e. The van der Waals surface area contributed by atoms with Gasteiger partial charge in [0.15, 0.2) is 0 Å². The Morgan fingerprint density at radius 1 is 1.10 bits per heavy atom. The Morgan fingerprint density at radius 2 is 1.79 bits per heavy atom. The molecule has 0 radical (unpaired) electrons. The van der Waals surface area contributed by atoms with Crippen LogP contribution in [0.2, 0.25) is 10.0 Å². The van der Waals surface area contributed by atoms with Gasteiger partial charge in [0.1, 0.15) is 0 Å². The minimum Gasteiger partial charge on any atom is -0.353 e. The molecule has 2 amide bonds. The van der Waals surface area contributed by atoms with Gasteiger partial charge >= 0.3 is 0 Å². The number of likely N-dealkylation sites (tertiary alicyclic amines) is 1. The van der Waals surface area contributed by atoms with Gasteiger partial charge in [-0.1, -0.05) is 60.5 Å². The molecule has 1 aliphatic heterocycles. The van der Waals surface area contributed by atoms with E-state index in [2.05, 4.69) is 17.4 Å². The molecule has 0 spiro atoms. The molecule has 1 saturated heterocycles. The molecule has 0 saturated carbocycles. The first-order valence-corrected chi connectivity index (χ1v) is 10.8. The number of piperidine rings is 1. The second-order valence-corrected chi connectivity index (χ2v) is 8.41. The van der Waals surface area contributed by atoms with Gasteiger partial charge < -0.3 is 10.2 Å². The molecule has 154 valence electrons. The molecule has 1 heterocycles. The van der Waals surface area contributed by atoms with Gasteiger partial charge in [0.2, 0.25) is 5.91 Å². The van der Waals surface area contributed by atoms with E-state index >= 15 is 0 Å². The van der Waals surface area contributed by atoms with Crippen LogP contribution < -0.4 is 5.32 Å². The summed E-state index contributed by atoms with van der Waals surface area (Å²) in [6, 6.07) is 15.1. The van der Waals surface area contributed by atoms with Crippen LogP contribution in [0.25, 0.3) is 0 Å². The van der Waals surface area contributed by atoms with Gasteiger partial charge in [0, 0.05) is 40.7 Å². The Morgan fingerprint density at radius 3 is 2.45 bits per heavy atom. The number of benzene rings is 2. The number of carbonyl (C=O) groups is 2. The maximum absolute atomic E-state index is 13.3. The second-order valence-electron chi connectivity index (χ2n) is 7.54. The van der Waals surface area contributed by atoms with E-state index in [1.807, 2.05) is 30.0 Å². The Kier molecular flexibility index (Phi) is 7.57. The highest BCUT2D eigenvalue weighted by Crippen LogP contribution is 2.26. The molecule has 2 atom stereocenters. The lowest BCUT2D eigenvalue weighted by Gasteiger charge is -2.40. The van der Waals surface area contributed by atoms with Crippen molar-refractivity contribution in [2.45, 2.75) is 51.1 Å². The Bertz CT molecular complexity index is 837. The first-order valence-electron chi connectivity index (χ1n) is 10.1. The molecule has 0 aliphatic carbocycles. The molecular weight excluding hydrogens is 407 g/mol. The summed E-state index contributed by atoms with van der Waals surface area (Å²) in [4.78, 5) is 27.2. The summed E-state index contributed by atoms with van der Waals surface area (Å²) in [6.07, 6.45) is 3.56. The van der Waals surface area contributed by atoms with Gasteiger partial charge in [0.05, 0.1) is 0 Å². The molecule has 4 nitrogen and oxygen atoms in total. The van der Waals surface area contributed by atoms with Gasteiger partial charge in [-0.3, -0.25) is 9.59 Å². The fraction of sp³-hybridized carbons (Fsp3) is 0.391. The summed E-state index contributed by atoms with van der Waals surface area (Å²) in [5.74, 6) is 0.00558. The van der Waals surface area contributed by atoms with Crippen molar-refractivity contribution in [3.8, 4) is 0 Å². The summed E-state index contributed by atoms with van der Waals surface area (Å²) in [6.45, 7) is 2.58. The van der Waals surface area contributed by atoms with Crippen LogP contribution in [0.4, 0.5) is 0 Å². The van der Waals surface area contributed by atoms with Crippen molar-refractivity contribution in [2.75, 3.05) is 6.54 Å². The van der Waals surface area contributed by atoms with Gasteiger partial charge in [-0.15, -0.1) is 0 Å². The van der Waals surface area contributed by atoms with Crippen LogP contribution in [0.5, 0.6) is 0 Å². The number of hydrogen-bond donors (Lipinski definition) is 1. The lowest BCUT2D eigenvalue weighted by Crippen LogP contribution is -2.52. The molecule has 2 aromatic carbocycles. The van der Waals surface area contributed by atoms with Crippen molar-refractivity contribution < 1.29 is 9.59 Å². The number of amides is 2. The van der Waals surface area contributed by atoms with Crippen molar-refractivity contribution >= 4 is 35.0 Å². The first kappa shape index (κ1) is 21.7. The minimum atomic E-state index is -0.0753. The summed E-state index contributed by atoms with van der Waals surface area (Å²) in [5.41, 5.74) is 1.66. The standard InChI is InChI=1S/C23H26Cl2N2O2/c1-2-6-22(28)26-20-9-10-27(21(15-20)11-16-7-4-3-5-8-16)23(29)17-12-18(24)14-19(25)13-17/h3-5,7-8,12-14,20-21H,2,6,9-11,15H2,1H3,(H,26,28). The fourth-order valence-electron chi connectivity index (χ4n) is 3.90. The van der Waals surface area contributed by atoms with Gasteiger partial charge in [-0.05, 0) is 49.4 Å². The van der Waals surface area contributed by atoms with E-state index in [1.165, 1.54) is 5.56 Å². The van der Waals surface area contributed by atoms with E-state index in [0.717, 1.165) is 25.7 Å². The maximum atomic E-state index is 13.3. The van der Waals surface area contributed by atoms with Crippen LogP contribution in [0, 0.1) is 0 Å². The van der Waals surface area contributed by atoms with Crippen molar-refractivity contribution in [1.82, 2.24) is 10.2 Å². The van der Waals surface area contributed by atoms with Crippen LogP contribution in [0.3, 0.4) is 0 Å². The predicted octanol–water partition coefficient (Wildman–Crippen LogP) is 5.13. The SMILES string of the molecule is CCCC(=O)NC1CCN(C(=O)c2cc(Cl)cc(Cl)c2)C(Cc2ccccc2)C1. The number of nitrogens with one attached hydrogen (secondary N) is 1. The fourth-order valence-corrected chi connectivity index (χ4v) is 4.43. The molecule has 1 aliphatic rings. The molecule has 0 bridgehead atoms. The number of nitrogens with zero attached hydrogens (tertiary/aromatic N) is 1. The monoisotopic (exact) mass is 432 g/mol. The molecule has 1 fully saturated rings. The lowest BCUT2D eigenvalue weighted by atomic mass is 9.91. The number of carbonyl (C=O) groups excluding carboxylic acids is 2. The number of rotatable bonds is 6. The molecule has 2 aromatic rings. The third kappa shape index (κ3) is 5.97. The molecule has 2 unspecified atom stereocenters. The van der Waals surface area contributed by atoms with E-state index in [-0.39, 0.29) is 23.9 Å². The molecule has 3 rings (SSSR count). The molecule has 6 heteroatoms. The van der Waals surface area contributed by atoms with E-state index in [9.17, 15) is 9.59 Å². The summed E-state index contributed by atoms with van der Waals surface area (Å²) in [7, 11) is 0. The van der Waals surface area contributed by atoms with Gasteiger partial charge in [-0.25, -0.2) is 0 Å². The minimum absolute atomic E-state index is 0.0108. The average molecular weight is 433 g/mol. The summed E-state index contributed by atoms with van der Waals surface area (Å²) < 4.78 is 0. The smallest absolute Gasteiger partial charge is 0.254 e. The van der Waals surface area contributed by atoms with E-state index in [4.69, 9.17) is 23.2 Å². The van der Waals surface area contributed by atoms with Crippen LogP contribution in [-0.2, 0) is 11.2 Å². The van der Waals surface area contributed by atoms with Crippen molar-refractivity contribution in [3.05, 3.63) is 69.7 Å². The lowest BCUT2D eigenvalue weighted by molar-refractivity contribution is -0.122. The zero-order valence-electron chi connectivity index (χ0n) is 16.5. The first-order chi connectivity index (χ1) is 14.0. The van der Waals surface area contributed by atoms with Crippen molar-refractivity contribution in [1.29, 1.82) is 0 Å². The van der Waals surface area contributed by atoms with Crippen molar-refractivity contribution in [2.24, 2.45) is 0 Å². The molecule has 29 heavy (non-hydrogen) atoms. The van der Waals surface area contributed by atoms with Gasteiger partial charge in [-0.2, -0.15) is 0 Å². The molecule has 1 N–H and O–H groups in total. The number of halogens is 2. The number of hydrogen-bond acceptors (Lipinski definition) is 2. The highest BCUT2D eigenvalue weighted by Gasteiger charge is 2.33. The zero-order valence-corrected chi connectivity index (χ0v) is 18.0. The molecular formula is C23H26Cl2N2O2. The summed E-state index contributed by atoms with van der Waals surface area (Å²) in [5, 5.41) is 4.03. The molecule has 0 aromatic heterocycles. The quantitative estimate of drug-likeness (QED) is 0.687. The Balaban J connectivity index is 1.80. The maximum Gasteiger partial charge on any atom is 0.254 e. The highest BCUT2D eigenvalue weighted by atomic mass is 35.5. The van der Waals surface area contributed by atoms with Gasteiger partial charge in [0.25, 0.3) is 5.91 Å². The van der Waals surface area contributed by atoms with Crippen LogP contribution in [-0.4, -0.2) is 35.3 Å². The topological polar surface area (TPSA) is 49.4 Å². The third-order valence-electron chi connectivity index (χ3n) is 5.24. The third-order valence-corrected chi connectivity index (χ3v) is 5.68. The Hall–Kier alpha value is -2.04. The predicted molar refractivity (Wildman–Crippen MR) is 118 cm³/mol.